The lowest BCUT2D eigenvalue weighted by atomic mass is 9.90. The summed E-state index contributed by atoms with van der Waals surface area (Å²) >= 11 is 0. The van der Waals surface area contributed by atoms with Crippen molar-refractivity contribution in [2.45, 2.75) is 44.4 Å². The maximum absolute atomic E-state index is 13.0. The van der Waals surface area contributed by atoms with Crippen molar-refractivity contribution in [1.82, 2.24) is 14.9 Å². The van der Waals surface area contributed by atoms with Crippen molar-refractivity contribution in [2.24, 2.45) is 0 Å². The van der Waals surface area contributed by atoms with Crippen LogP contribution < -0.4 is 0 Å². The van der Waals surface area contributed by atoms with Gasteiger partial charge in [-0.2, -0.15) is 0 Å². The van der Waals surface area contributed by atoms with Gasteiger partial charge in [-0.05, 0) is 61.8 Å². The second-order valence-electron chi connectivity index (χ2n) is 6.91. The number of hydrogen-bond donors (Lipinski definition) is 0. The van der Waals surface area contributed by atoms with E-state index in [1.54, 1.807) is 12.4 Å². The molecule has 24 heavy (non-hydrogen) atoms. The zero-order valence-electron chi connectivity index (χ0n) is 13.9. The topological polar surface area (TPSA) is 46.1 Å². The lowest BCUT2D eigenvalue weighted by Crippen LogP contribution is -2.39. The Balaban J connectivity index is 1.51. The van der Waals surface area contributed by atoms with Gasteiger partial charge in [0.25, 0.3) is 5.91 Å². The Kier molecular flexibility index (Phi) is 4.28. The quantitative estimate of drug-likeness (QED) is 0.852. The minimum absolute atomic E-state index is 0.164. The minimum atomic E-state index is 0.164. The van der Waals surface area contributed by atoms with Crippen molar-refractivity contribution in [2.75, 3.05) is 13.1 Å². The van der Waals surface area contributed by atoms with Crippen LogP contribution >= 0.6 is 0 Å². The number of aromatic nitrogens is 2. The molecular weight excluding hydrogens is 298 g/mol. The number of fused-ring (bicyclic) bond motifs is 1. The molecule has 0 spiro atoms. The van der Waals surface area contributed by atoms with Gasteiger partial charge >= 0.3 is 0 Å². The molecule has 1 amide bonds. The summed E-state index contributed by atoms with van der Waals surface area (Å²) in [5.74, 6) is 0.464. The molecule has 1 aliphatic carbocycles. The molecule has 2 aliphatic rings. The number of carbonyl (C=O) groups excluding carboxylic acids is 1. The molecule has 2 heterocycles. The van der Waals surface area contributed by atoms with E-state index < -0.39 is 0 Å². The molecule has 1 fully saturated rings. The van der Waals surface area contributed by atoms with E-state index in [0.29, 0.717) is 5.92 Å². The molecule has 2 aromatic rings. The third kappa shape index (κ3) is 3.05. The van der Waals surface area contributed by atoms with Gasteiger partial charge in [0.15, 0.2) is 0 Å². The van der Waals surface area contributed by atoms with E-state index in [9.17, 15) is 4.79 Å². The van der Waals surface area contributed by atoms with Gasteiger partial charge < -0.3 is 4.90 Å². The van der Waals surface area contributed by atoms with E-state index in [4.69, 9.17) is 0 Å². The van der Waals surface area contributed by atoms with E-state index in [0.717, 1.165) is 50.0 Å². The number of rotatable bonds is 2. The first-order chi connectivity index (χ1) is 11.8. The minimum Gasteiger partial charge on any atom is -0.338 e. The van der Waals surface area contributed by atoms with Gasteiger partial charge in [0.05, 0.1) is 5.69 Å². The SMILES string of the molecule is O=C(c1ccc2c(c1)CCCC2)N1CCCC(c2cnccn2)C1. The molecule has 1 unspecified atom stereocenters. The first kappa shape index (κ1) is 15.3. The van der Waals surface area contributed by atoms with E-state index in [1.807, 2.05) is 17.2 Å². The van der Waals surface area contributed by atoms with Crippen molar-refractivity contribution in [3.05, 3.63) is 59.2 Å². The van der Waals surface area contributed by atoms with E-state index >= 15 is 0 Å². The van der Waals surface area contributed by atoms with Crippen LogP contribution in [-0.4, -0.2) is 33.9 Å². The Morgan fingerprint density at radius 2 is 1.96 bits per heavy atom. The third-order valence-electron chi connectivity index (χ3n) is 5.31. The zero-order valence-corrected chi connectivity index (χ0v) is 13.9. The molecule has 4 nitrogen and oxygen atoms in total. The first-order valence-electron chi connectivity index (χ1n) is 8.98. The number of benzene rings is 1. The zero-order chi connectivity index (χ0) is 16.4. The molecule has 0 N–H and O–H groups in total. The van der Waals surface area contributed by atoms with E-state index in [1.165, 1.54) is 24.0 Å². The molecule has 4 heteroatoms. The smallest absolute Gasteiger partial charge is 0.253 e. The van der Waals surface area contributed by atoms with E-state index in [2.05, 4.69) is 22.1 Å². The molecule has 0 bridgehead atoms. The summed E-state index contributed by atoms with van der Waals surface area (Å²) in [6.45, 7) is 1.58. The van der Waals surface area contributed by atoms with E-state index in [-0.39, 0.29) is 5.91 Å². The average molecular weight is 321 g/mol. The predicted octanol–water partition coefficient (Wildman–Crippen LogP) is 3.38. The molecule has 0 saturated carbocycles. The summed E-state index contributed by atoms with van der Waals surface area (Å²) in [5, 5.41) is 0. The van der Waals surface area contributed by atoms with Crippen LogP contribution in [0.25, 0.3) is 0 Å². The highest BCUT2D eigenvalue weighted by Crippen LogP contribution is 2.27. The summed E-state index contributed by atoms with van der Waals surface area (Å²) in [4.78, 5) is 23.5. The van der Waals surface area contributed by atoms with Gasteiger partial charge in [0, 0.05) is 43.2 Å². The Morgan fingerprint density at radius 1 is 1.08 bits per heavy atom. The second kappa shape index (κ2) is 6.71. The largest absolute Gasteiger partial charge is 0.338 e. The van der Waals surface area contributed by atoms with Crippen molar-refractivity contribution in [3.8, 4) is 0 Å². The van der Waals surface area contributed by atoms with Crippen molar-refractivity contribution in [1.29, 1.82) is 0 Å². The summed E-state index contributed by atoms with van der Waals surface area (Å²) in [6, 6.07) is 6.30. The van der Waals surface area contributed by atoms with Crippen LogP contribution in [0.2, 0.25) is 0 Å². The first-order valence-corrected chi connectivity index (χ1v) is 8.98. The molecule has 124 valence electrons. The van der Waals surface area contributed by atoms with Gasteiger partial charge in [-0.1, -0.05) is 6.07 Å². The third-order valence-corrected chi connectivity index (χ3v) is 5.31. The van der Waals surface area contributed by atoms with Gasteiger partial charge in [0.2, 0.25) is 0 Å². The maximum atomic E-state index is 13.0. The monoisotopic (exact) mass is 321 g/mol. The summed E-state index contributed by atoms with van der Waals surface area (Å²) in [7, 11) is 0. The highest BCUT2D eigenvalue weighted by atomic mass is 16.2. The van der Waals surface area contributed by atoms with Crippen molar-refractivity contribution >= 4 is 5.91 Å². The van der Waals surface area contributed by atoms with Crippen molar-refractivity contribution in [3.63, 3.8) is 0 Å². The second-order valence-corrected chi connectivity index (χ2v) is 6.91. The van der Waals surface area contributed by atoms with Crippen LogP contribution in [0.1, 0.15) is 58.8 Å². The molecule has 1 aromatic carbocycles. The highest BCUT2D eigenvalue weighted by molar-refractivity contribution is 5.94. The lowest BCUT2D eigenvalue weighted by molar-refractivity contribution is 0.0705. The highest BCUT2D eigenvalue weighted by Gasteiger charge is 2.26. The molecule has 1 aromatic heterocycles. The number of hydrogen-bond acceptors (Lipinski definition) is 3. The normalized spacial score (nSPS) is 20.5. The average Bonchev–Trinajstić information content (AvgIpc) is 2.68. The fourth-order valence-corrected chi connectivity index (χ4v) is 3.97. The number of piperidine rings is 1. The van der Waals surface area contributed by atoms with Gasteiger partial charge in [-0.15, -0.1) is 0 Å². The van der Waals surface area contributed by atoms with Gasteiger partial charge in [-0.3, -0.25) is 14.8 Å². The molecule has 0 radical (unpaired) electrons. The van der Waals surface area contributed by atoms with Crippen molar-refractivity contribution < 1.29 is 4.79 Å². The van der Waals surface area contributed by atoms with Crippen LogP contribution in [-0.2, 0) is 12.8 Å². The number of likely N-dealkylation sites (tertiary alicyclic amines) is 1. The van der Waals surface area contributed by atoms with Gasteiger partial charge in [-0.25, -0.2) is 0 Å². The Labute approximate surface area is 142 Å². The maximum Gasteiger partial charge on any atom is 0.253 e. The Bertz CT molecular complexity index is 729. The molecule has 1 atom stereocenters. The molecule has 1 aliphatic heterocycles. The Morgan fingerprint density at radius 3 is 2.79 bits per heavy atom. The lowest BCUT2D eigenvalue weighted by Gasteiger charge is -2.32. The number of carbonyl (C=O) groups is 1. The number of amides is 1. The van der Waals surface area contributed by atoms with Crippen LogP contribution in [0.5, 0.6) is 0 Å². The fourth-order valence-electron chi connectivity index (χ4n) is 3.97. The molecule has 4 rings (SSSR count). The van der Waals surface area contributed by atoms with Crippen LogP contribution in [0.3, 0.4) is 0 Å². The standard InChI is InChI=1S/C20H23N3O/c24-20(17-8-7-15-4-1-2-5-16(15)12-17)23-11-3-6-18(14-23)19-13-21-9-10-22-19/h7-10,12-13,18H,1-6,11,14H2. The Hall–Kier alpha value is -2.23. The van der Waals surface area contributed by atoms with Gasteiger partial charge in [0.1, 0.15) is 0 Å². The van der Waals surface area contributed by atoms with Crippen LogP contribution in [0.4, 0.5) is 0 Å². The molecule has 1 saturated heterocycles. The number of nitrogens with zero attached hydrogens (tertiary/aromatic N) is 3. The summed E-state index contributed by atoms with van der Waals surface area (Å²) < 4.78 is 0. The van der Waals surface area contributed by atoms with Crippen LogP contribution in [0.15, 0.2) is 36.8 Å². The predicted molar refractivity (Wildman–Crippen MR) is 93.0 cm³/mol. The summed E-state index contributed by atoms with van der Waals surface area (Å²) in [6.07, 6.45) is 12.1. The molecular formula is C20H23N3O. The fraction of sp³-hybridized carbons (Fsp3) is 0.450. The number of aryl methyl sites for hydroxylation is 2. The summed E-state index contributed by atoms with van der Waals surface area (Å²) in [5.41, 5.74) is 4.64. The van der Waals surface area contributed by atoms with Crippen LogP contribution in [0, 0.1) is 0 Å².